The summed E-state index contributed by atoms with van der Waals surface area (Å²) in [5.74, 6) is 0.904. The Morgan fingerprint density at radius 3 is 2.28 bits per heavy atom. The maximum absolute atomic E-state index is 5.16. The SMILES string of the molecule is COc1ccc(N(C)CCCNC(C)(C)C)cc1. The molecule has 0 fully saturated rings. The standard InChI is InChI=1S/C15H26N2O/c1-15(2,3)16-11-6-12-17(4)13-7-9-14(18-5)10-8-13/h7-10,16H,6,11-12H2,1-5H3. The van der Waals surface area contributed by atoms with Gasteiger partial charge >= 0.3 is 0 Å². The molecule has 0 amide bonds. The summed E-state index contributed by atoms with van der Waals surface area (Å²) < 4.78 is 5.16. The Bertz CT molecular complexity index is 341. The second-order valence-corrected chi connectivity index (χ2v) is 5.65. The van der Waals surface area contributed by atoms with E-state index in [9.17, 15) is 0 Å². The van der Waals surface area contributed by atoms with Crippen molar-refractivity contribution >= 4 is 5.69 Å². The molecule has 0 spiro atoms. The molecular weight excluding hydrogens is 224 g/mol. The number of rotatable bonds is 6. The molecule has 0 aliphatic heterocycles. The van der Waals surface area contributed by atoms with E-state index in [-0.39, 0.29) is 5.54 Å². The lowest BCUT2D eigenvalue weighted by Crippen LogP contribution is -2.37. The smallest absolute Gasteiger partial charge is 0.119 e. The minimum atomic E-state index is 0.207. The largest absolute Gasteiger partial charge is 0.497 e. The lowest BCUT2D eigenvalue weighted by Gasteiger charge is -2.23. The summed E-state index contributed by atoms with van der Waals surface area (Å²) in [6.45, 7) is 8.68. The van der Waals surface area contributed by atoms with Crippen molar-refractivity contribution in [2.75, 3.05) is 32.1 Å². The van der Waals surface area contributed by atoms with Crippen LogP contribution in [0.15, 0.2) is 24.3 Å². The van der Waals surface area contributed by atoms with Gasteiger partial charge in [-0.05, 0) is 58.0 Å². The Balaban J connectivity index is 2.33. The molecule has 0 saturated carbocycles. The number of anilines is 1. The van der Waals surface area contributed by atoms with Crippen molar-refractivity contribution in [3.05, 3.63) is 24.3 Å². The van der Waals surface area contributed by atoms with Gasteiger partial charge in [0.25, 0.3) is 0 Å². The summed E-state index contributed by atoms with van der Waals surface area (Å²) in [5, 5.41) is 3.50. The quantitative estimate of drug-likeness (QED) is 0.786. The number of ether oxygens (including phenoxy) is 1. The fourth-order valence-electron chi connectivity index (χ4n) is 1.75. The third kappa shape index (κ3) is 5.41. The minimum Gasteiger partial charge on any atom is -0.497 e. The maximum Gasteiger partial charge on any atom is 0.119 e. The minimum absolute atomic E-state index is 0.207. The van der Waals surface area contributed by atoms with Gasteiger partial charge in [-0.1, -0.05) is 0 Å². The van der Waals surface area contributed by atoms with Gasteiger partial charge in [-0.25, -0.2) is 0 Å². The van der Waals surface area contributed by atoms with Gasteiger partial charge in [0.15, 0.2) is 0 Å². The molecule has 0 unspecified atom stereocenters. The maximum atomic E-state index is 5.16. The number of nitrogens with one attached hydrogen (secondary N) is 1. The predicted octanol–water partition coefficient (Wildman–Crippen LogP) is 2.91. The van der Waals surface area contributed by atoms with Gasteiger partial charge in [-0.2, -0.15) is 0 Å². The van der Waals surface area contributed by atoms with Crippen molar-refractivity contribution < 1.29 is 4.74 Å². The summed E-state index contributed by atoms with van der Waals surface area (Å²) in [7, 11) is 3.82. The van der Waals surface area contributed by atoms with Gasteiger partial charge in [-0.15, -0.1) is 0 Å². The predicted molar refractivity (Wildman–Crippen MR) is 78.6 cm³/mol. The molecule has 0 aliphatic rings. The van der Waals surface area contributed by atoms with Crippen molar-refractivity contribution in [3.63, 3.8) is 0 Å². The van der Waals surface area contributed by atoms with Gasteiger partial charge in [-0.3, -0.25) is 0 Å². The molecule has 3 nitrogen and oxygen atoms in total. The molecule has 0 heterocycles. The molecule has 1 N–H and O–H groups in total. The fourth-order valence-corrected chi connectivity index (χ4v) is 1.75. The van der Waals surface area contributed by atoms with Crippen LogP contribution in [0.1, 0.15) is 27.2 Å². The first-order valence-electron chi connectivity index (χ1n) is 6.52. The number of nitrogens with zero attached hydrogens (tertiary/aromatic N) is 1. The summed E-state index contributed by atoms with van der Waals surface area (Å²) >= 11 is 0. The number of hydrogen-bond donors (Lipinski definition) is 1. The van der Waals surface area contributed by atoms with Gasteiger partial charge in [0.2, 0.25) is 0 Å². The summed E-state index contributed by atoms with van der Waals surface area (Å²) in [6.07, 6.45) is 1.14. The lowest BCUT2D eigenvalue weighted by molar-refractivity contribution is 0.414. The third-order valence-electron chi connectivity index (χ3n) is 2.84. The normalized spacial score (nSPS) is 11.4. The zero-order valence-corrected chi connectivity index (χ0v) is 12.3. The first-order chi connectivity index (χ1) is 8.42. The van der Waals surface area contributed by atoms with Crippen LogP contribution in [0.4, 0.5) is 5.69 Å². The molecule has 18 heavy (non-hydrogen) atoms. The van der Waals surface area contributed by atoms with Crippen LogP contribution in [0.2, 0.25) is 0 Å². The van der Waals surface area contributed by atoms with E-state index in [0.717, 1.165) is 25.3 Å². The van der Waals surface area contributed by atoms with Crippen LogP contribution >= 0.6 is 0 Å². The van der Waals surface area contributed by atoms with E-state index in [1.54, 1.807) is 7.11 Å². The highest BCUT2D eigenvalue weighted by atomic mass is 16.5. The van der Waals surface area contributed by atoms with E-state index in [1.165, 1.54) is 5.69 Å². The number of hydrogen-bond acceptors (Lipinski definition) is 3. The topological polar surface area (TPSA) is 24.5 Å². The highest BCUT2D eigenvalue weighted by molar-refractivity contribution is 5.48. The van der Waals surface area contributed by atoms with Crippen LogP contribution in [-0.2, 0) is 0 Å². The molecule has 1 aromatic carbocycles. The van der Waals surface area contributed by atoms with Crippen LogP contribution < -0.4 is 15.0 Å². The Morgan fingerprint density at radius 1 is 1.17 bits per heavy atom. The molecular formula is C15H26N2O. The highest BCUT2D eigenvalue weighted by Gasteiger charge is 2.07. The van der Waals surface area contributed by atoms with Crippen molar-refractivity contribution in [1.29, 1.82) is 0 Å². The molecule has 3 heteroatoms. The van der Waals surface area contributed by atoms with Crippen LogP contribution in [0.5, 0.6) is 5.75 Å². The average Bonchev–Trinajstić information content (AvgIpc) is 2.33. The highest BCUT2D eigenvalue weighted by Crippen LogP contribution is 2.18. The first kappa shape index (κ1) is 14.8. The van der Waals surface area contributed by atoms with Crippen molar-refractivity contribution in [1.82, 2.24) is 5.32 Å². The van der Waals surface area contributed by atoms with Crippen LogP contribution in [0.25, 0.3) is 0 Å². The van der Waals surface area contributed by atoms with Gasteiger partial charge in [0, 0.05) is 24.8 Å². The van der Waals surface area contributed by atoms with E-state index in [0.29, 0.717) is 0 Å². The molecule has 0 radical (unpaired) electrons. The first-order valence-corrected chi connectivity index (χ1v) is 6.52. The Kier molecular flexibility index (Phi) is 5.48. The van der Waals surface area contributed by atoms with E-state index in [4.69, 9.17) is 4.74 Å². The van der Waals surface area contributed by atoms with Gasteiger partial charge in [0.05, 0.1) is 7.11 Å². The number of benzene rings is 1. The summed E-state index contributed by atoms with van der Waals surface area (Å²) in [4.78, 5) is 2.27. The third-order valence-corrected chi connectivity index (χ3v) is 2.84. The Labute approximate surface area is 111 Å². The molecule has 1 rings (SSSR count). The lowest BCUT2D eigenvalue weighted by atomic mass is 10.1. The summed E-state index contributed by atoms with van der Waals surface area (Å²) in [6, 6.07) is 8.19. The number of methoxy groups -OCH3 is 1. The monoisotopic (exact) mass is 250 g/mol. The van der Waals surface area contributed by atoms with Crippen LogP contribution in [0, 0.1) is 0 Å². The molecule has 0 aliphatic carbocycles. The zero-order chi connectivity index (χ0) is 13.6. The van der Waals surface area contributed by atoms with Gasteiger partial charge < -0.3 is 15.0 Å². The van der Waals surface area contributed by atoms with Crippen molar-refractivity contribution in [2.24, 2.45) is 0 Å². The molecule has 1 aromatic rings. The fraction of sp³-hybridized carbons (Fsp3) is 0.600. The van der Waals surface area contributed by atoms with Crippen LogP contribution in [-0.4, -0.2) is 32.8 Å². The van der Waals surface area contributed by atoms with E-state index in [1.807, 2.05) is 12.1 Å². The van der Waals surface area contributed by atoms with E-state index >= 15 is 0 Å². The molecule has 0 atom stereocenters. The Hall–Kier alpha value is -1.22. The second kappa shape index (κ2) is 6.64. The average molecular weight is 250 g/mol. The van der Waals surface area contributed by atoms with Crippen molar-refractivity contribution in [2.45, 2.75) is 32.7 Å². The second-order valence-electron chi connectivity index (χ2n) is 5.65. The molecule has 102 valence electrons. The molecule has 0 aromatic heterocycles. The van der Waals surface area contributed by atoms with Gasteiger partial charge in [0.1, 0.15) is 5.75 Å². The van der Waals surface area contributed by atoms with Crippen molar-refractivity contribution in [3.8, 4) is 5.75 Å². The zero-order valence-electron chi connectivity index (χ0n) is 12.3. The summed E-state index contributed by atoms with van der Waals surface area (Å²) in [5.41, 5.74) is 1.44. The molecule has 0 bridgehead atoms. The van der Waals surface area contributed by atoms with E-state index in [2.05, 4.69) is 50.2 Å². The Morgan fingerprint density at radius 2 is 1.78 bits per heavy atom. The molecule has 0 saturated heterocycles. The van der Waals surface area contributed by atoms with Crippen LogP contribution in [0.3, 0.4) is 0 Å². The van der Waals surface area contributed by atoms with E-state index < -0.39 is 0 Å².